The number of benzene rings is 2. The van der Waals surface area contributed by atoms with E-state index in [0.29, 0.717) is 0 Å². The Morgan fingerprint density at radius 3 is 2.56 bits per heavy atom. The molecule has 0 saturated heterocycles. The molecule has 0 fully saturated rings. The standard InChI is InChI=1S/C16H20N2/c1-12-6-7-15(13(2)8-12)11-18-10-14-4-3-5-16(17)9-14/h3-9,18H,10-11,17H2,1-2H3. The number of nitrogen functional groups attached to an aromatic ring is 1. The second-order valence-electron chi connectivity index (χ2n) is 4.78. The predicted octanol–water partition coefficient (Wildman–Crippen LogP) is 3.18. The molecule has 0 saturated carbocycles. The van der Waals surface area contributed by atoms with E-state index in [0.717, 1.165) is 18.8 Å². The normalized spacial score (nSPS) is 10.6. The van der Waals surface area contributed by atoms with Crippen molar-refractivity contribution < 1.29 is 0 Å². The number of nitrogens with one attached hydrogen (secondary N) is 1. The fourth-order valence-electron chi connectivity index (χ4n) is 2.09. The van der Waals surface area contributed by atoms with Crippen LogP contribution in [0, 0.1) is 13.8 Å². The molecule has 0 bridgehead atoms. The molecular weight excluding hydrogens is 220 g/mol. The number of hydrogen-bond donors (Lipinski definition) is 2. The minimum absolute atomic E-state index is 0.820. The molecule has 0 radical (unpaired) electrons. The molecule has 0 heterocycles. The zero-order chi connectivity index (χ0) is 13.0. The van der Waals surface area contributed by atoms with Crippen molar-refractivity contribution in [2.24, 2.45) is 0 Å². The van der Waals surface area contributed by atoms with Crippen LogP contribution in [-0.4, -0.2) is 0 Å². The molecular formula is C16H20N2. The van der Waals surface area contributed by atoms with E-state index in [2.05, 4.69) is 43.4 Å². The first kappa shape index (κ1) is 12.7. The first-order valence-corrected chi connectivity index (χ1v) is 6.26. The van der Waals surface area contributed by atoms with Gasteiger partial charge in [-0.2, -0.15) is 0 Å². The van der Waals surface area contributed by atoms with Crippen LogP contribution in [0.15, 0.2) is 42.5 Å². The molecule has 0 amide bonds. The van der Waals surface area contributed by atoms with E-state index >= 15 is 0 Å². The van der Waals surface area contributed by atoms with Gasteiger partial charge in [0, 0.05) is 18.8 Å². The second-order valence-corrected chi connectivity index (χ2v) is 4.78. The molecule has 18 heavy (non-hydrogen) atoms. The molecule has 0 aromatic heterocycles. The maximum atomic E-state index is 5.75. The van der Waals surface area contributed by atoms with Crippen molar-refractivity contribution in [2.75, 3.05) is 5.73 Å². The van der Waals surface area contributed by atoms with Crippen molar-refractivity contribution in [1.29, 1.82) is 0 Å². The summed E-state index contributed by atoms with van der Waals surface area (Å²) in [7, 11) is 0. The minimum Gasteiger partial charge on any atom is -0.399 e. The number of anilines is 1. The highest BCUT2D eigenvalue weighted by Crippen LogP contribution is 2.11. The van der Waals surface area contributed by atoms with Crippen molar-refractivity contribution in [3.05, 3.63) is 64.7 Å². The zero-order valence-corrected chi connectivity index (χ0v) is 11.0. The Bertz CT molecular complexity index is 532. The van der Waals surface area contributed by atoms with E-state index in [1.54, 1.807) is 0 Å². The van der Waals surface area contributed by atoms with Gasteiger partial charge in [0.1, 0.15) is 0 Å². The van der Waals surface area contributed by atoms with Gasteiger partial charge in [0.2, 0.25) is 0 Å². The fraction of sp³-hybridized carbons (Fsp3) is 0.250. The van der Waals surface area contributed by atoms with Gasteiger partial charge in [0.15, 0.2) is 0 Å². The molecule has 0 aliphatic rings. The molecule has 2 rings (SSSR count). The van der Waals surface area contributed by atoms with E-state index in [9.17, 15) is 0 Å². The van der Waals surface area contributed by atoms with Crippen molar-refractivity contribution in [3.63, 3.8) is 0 Å². The van der Waals surface area contributed by atoms with Gasteiger partial charge in [-0.3, -0.25) is 0 Å². The summed E-state index contributed by atoms with van der Waals surface area (Å²) in [5.74, 6) is 0. The third-order valence-electron chi connectivity index (χ3n) is 3.09. The number of hydrogen-bond acceptors (Lipinski definition) is 2. The molecule has 2 heteroatoms. The summed E-state index contributed by atoms with van der Waals surface area (Å²) in [4.78, 5) is 0. The third kappa shape index (κ3) is 3.34. The van der Waals surface area contributed by atoms with E-state index < -0.39 is 0 Å². The van der Waals surface area contributed by atoms with Crippen molar-refractivity contribution in [1.82, 2.24) is 5.32 Å². The lowest BCUT2D eigenvalue weighted by atomic mass is 10.1. The van der Waals surface area contributed by atoms with Gasteiger partial charge in [-0.05, 0) is 42.7 Å². The average Bonchev–Trinajstić information content (AvgIpc) is 2.32. The Morgan fingerprint density at radius 1 is 1.00 bits per heavy atom. The molecule has 0 unspecified atom stereocenters. The Hall–Kier alpha value is -1.80. The maximum Gasteiger partial charge on any atom is 0.0317 e. The Morgan fingerprint density at radius 2 is 1.83 bits per heavy atom. The molecule has 0 spiro atoms. The topological polar surface area (TPSA) is 38.0 Å². The number of aryl methyl sites for hydroxylation is 2. The highest BCUT2D eigenvalue weighted by atomic mass is 14.8. The van der Waals surface area contributed by atoms with Crippen molar-refractivity contribution in [3.8, 4) is 0 Å². The lowest BCUT2D eigenvalue weighted by molar-refractivity contribution is 0.690. The van der Waals surface area contributed by atoms with Gasteiger partial charge in [-0.25, -0.2) is 0 Å². The molecule has 94 valence electrons. The smallest absolute Gasteiger partial charge is 0.0317 e. The molecule has 2 nitrogen and oxygen atoms in total. The summed E-state index contributed by atoms with van der Waals surface area (Å²) in [5, 5.41) is 3.45. The van der Waals surface area contributed by atoms with Crippen LogP contribution in [0.5, 0.6) is 0 Å². The molecule has 0 aliphatic carbocycles. The van der Waals surface area contributed by atoms with Gasteiger partial charge in [-0.1, -0.05) is 35.9 Å². The van der Waals surface area contributed by atoms with Gasteiger partial charge >= 0.3 is 0 Å². The van der Waals surface area contributed by atoms with Gasteiger partial charge < -0.3 is 11.1 Å². The van der Waals surface area contributed by atoms with Crippen molar-refractivity contribution >= 4 is 5.69 Å². The van der Waals surface area contributed by atoms with Crippen LogP contribution >= 0.6 is 0 Å². The second kappa shape index (κ2) is 5.69. The Kier molecular flexibility index (Phi) is 4.00. The minimum atomic E-state index is 0.820. The lowest BCUT2D eigenvalue weighted by Gasteiger charge is -2.09. The summed E-state index contributed by atoms with van der Waals surface area (Å²) >= 11 is 0. The molecule has 2 aromatic carbocycles. The quantitative estimate of drug-likeness (QED) is 0.806. The molecule has 2 aromatic rings. The largest absolute Gasteiger partial charge is 0.399 e. The summed E-state index contributed by atoms with van der Waals surface area (Å²) in [5.41, 5.74) is 11.8. The lowest BCUT2D eigenvalue weighted by Crippen LogP contribution is -2.13. The van der Waals surface area contributed by atoms with E-state index in [1.165, 1.54) is 22.3 Å². The molecule has 0 atom stereocenters. The number of rotatable bonds is 4. The first-order chi connectivity index (χ1) is 8.65. The average molecular weight is 240 g/mol. The van der Waals surface area contributed by atoms with E-state index in [4.69, 9.17) is 5.73 Å². The zero-order valence-electron chi connectivity index (χ0n) is 11.0. The Labute approximate surface area is 109 Å². The monoisotopic (exact) mass is 240 g/mol. The van der Waals surface area contributed by atoms with Crippen molar-refractivity contribution in [2.45, 2.75) is 26.9 Å². The summed E-state index contributed by atoms with van der Waals surface area (Å²) < 4.78 is 0. The van der Waals surface area contributed by atoms with Crippen LogP contribution in [0.4, 0.5) is 5.69 Å². The van der Waals surface area contributed by atoms with Gasteiger partial charge in [-0.15, -0.1) is 0 Å². The highest BCUT2D eigenvalue weighted by Gasteiger charge is 1.99. The molecule has 0 aliphatic heterocycles. The summed E-state index contributed by atoms with van der Waals surface area (Å²) in [6, 6.07) is 14.6. The molecule has 3 N–H and O–H groups in total. The van der Waals surface area contributed by atoms with E-state index in [1.807, 2.05) is 18.2 Å². The van der Waals surface area contributed by atoms with Crippen LogP contribution in [-0.2, 0) is 13.1 Å². The van der Waals surface area contributed by atoms with Crippen LogP contribution in [0.2, 0.25) is 0 Å². The fourth-order valence-corrected chi connectivity index (χ4v) is 2.09. The SMILES string of the molecule is Cc1ccc(CNCc2cccc(N)c2)c(C)c1. The van der Waals surface area contributed by atoms with Crippen LogP contribution in [0.25, 0.3) is 0 Å². The van der Waals surface area contributed by atoms with E-state index in [-0.39, 0.29) is 0 Å². The van der Waals surface area contributed by atoms with Gasteiger partial charge in [0.05, 0.1) is 0 Å². The predicted molar refractivity (Wildman–Crippen MR) is 77.3 cm³/mol. The first-order valence-electron chi connectivity index (χ1n) is 6.26. The third-order valence-corrected chi connectivity index (χ3v) is 3.09. The Balaban J connectivity index is 1.92. The van der Waals surface area contributed by atoms with Crippen LogP contribution in [0.3, 0.4) is 0 Å². The van der Waals surface area contributed by atoms with Crippen LogP contribution < -0.4 is 11.1 Å². The summed E-state index contributed by atoms with van der Waals surface area (Å²) in [6.45, 7) is 6.01. The van der Waals surface area contributed by atoms with Crippen LogP contribution in [0.1, 0.15) is 22.3 Å². The van der Waals surface area contributed by atoms with Gasteiger partial charge in [0.25, 0.3) is 0 Å². The number of nitrogens with two attached hydrogens (primary N) is 1. The summed E-state index contributed by atoms with van der Waals surface area (Å²) in [6.07, 6.45) is 0. The maximum absolute atomic E-state index is 5.75. The highest BCUT2D eigenvalue weighted by molar-refractivity contribution is 5.40.